The van der Waals surface area contributed by atoms with Gasteiger partial charge in [0.15, 0.2) is 0 Å². The number of nitrogens with zero attached hydrogens (tertiary/aromatic N) is 1. The summed E-state index contributed by atoms with van der Waals surface area (Å²) in [5.74, 6) is 0.608. The lowest BCUT2D eigenvalue weighted by Crippen LogP contribution is -2.14. The van der Waals surface area contributed by atoms with Crippen molar-refractivity contribution >= 4 is 11.8 Å². The van der Waals surface area contributed by atoms with E-state index in [2.05, 4.69) is 10.3 Å². The number of hydrogen-bond donors (Lipinski definition) is 2. The number of hydrogen-bond acceptors (Lipinski definition) is 3. The maximum Gasteiger partial charge on any atom is 0.339 e. The molecule has 1 saturated carbocycles. The van der Waals surface area contributed by atoms with Crippen LogP contribution in [0.15, 0.2) is 6.07 Å². The monoisotopic (exact) mass is 274 g/mol. The summed E-state index contributed by atoms with van der Waals surface area (Å²) in [6.45, 7) is 0.822. The normalized spacial score (nSPS) is 17.6. The van der Waals surface area contributed by atoms with Gasteiger partial charge in [-0.15, -0.1) is 0 Å². The molecule has 0 atom stereocenters. The van der Waals surface area contributed by atoms with Crippen LogP contribution in [-0.2, 0) is 12.8 Å². The molecule has 0 amide bonds. The average Bonchev–Trinajstić information content (AvgIpc) is 3.26. The molecule has 3 rings (SSSR count). The first-order valence-corrected chi connectivity index (χ1v) is 7.74. The molecule has 0 bridgehead atoms. The number of carboxylic acid groups (broad SMARTS) is 1. The van der Waals surface area contributed by atoms with Gasteiger partial charge >= 0.3 is 5.97 Å². The minimum atomic E-state index is -0.879. The largest absolute Gasteiger partial charge is 0.478 e. The molecule has 108 valence electrons. The van der Waals surface area contributed by atoms with Gasteiger partial charge in [0.1, 0.15) is 11.4 Å². The Bertz CT molecular complexity index is 509. The van der Waals surface area contributed by atoms with Crippen molar-refractivity contribution in [2.24, 2.45) is 5.92 Å². The third-order valence-corrected chi connectivity index (χ3v) is 4.31. The number of anilines is 1. The van der Waals surface area contributed by atoms with Crippen LogP contribution in [0, 0.1) is 5.92 Å². The second kappa shape index (κ2) is 5.81. The standard InChI is InChI=1S/C16H22N2O2/c19-16(20)13-10-12-5-1-2-6-14(12)18-15(13)17-9-3-4-11-7-8-11/h10-11H,1-9H2,(H,17,18)(H,19,20). The maximum atomic E-state index is 11.4. The number of nitrogens with one attached hydrogen (secondary N) is 1. The second-order valence-corrected chi connectivity index (χ2v) is 6.01. The van der Waals surface area contributed by atoms with E-state index in [0.717, 1.165) is 55.8 Å². The Morgan fingerprint density at radius 3 is 2.90 bits per heavy atom. The first-order valence-electron chi connectivity index (χ1n) is 7.74. The molecular formula is C16H22N2O2. The van der Waals surface area contributed by atoms with Crippen molar-refractivity contribution in [1.82, 2.24) is 4.98 Å². The highest BCUT2D eigenvalue weighted by atomic mass is 16.4. The van der Waals surface area contributed by atoms with Crippen LogP contribution in [-0.4, -0.2) is 22.6 Å². The van der Waals surface area contributed by atoms with Crippen molar-refractivity contribution in [3.05, 3.63) is 22.9 Å². The average molecular weight is 274 g/mol. The molecule has 20 heavy (non-hydrogen) atoms. The Labute approximate surface area is 119 Å². The summed E-state index contributed by atoms with van der Waals surface area (Å²) in [5, 5.41) is 12.6. The summed E-state index contributed by atoms with van der Waals surface area (Å²) in [5.41, 5.74) is 2.54. The van der Waals surface area contributed by atoms with Crippen molar-refractivity contribution in [2.75, 3.05) is 11.9 Å². The summed E-state index contributed by atoms with van der Waals surface area (Å²) >= 11 is 0. The minimum Gasteiger partial charge on any atom is -0.478 e. The molecule has 0 aliphatic heterocycles. The fourth-order valence-electron chi connectivity index (χ4n) is 2.94. The van der Waals surface area contributed by atoms with Crippen LogP contribution >= 0.6 is 0 Å². The van der Waals surface area contributed by atoms with Crippen LogP contribution in [0.3, 0.4) is 0 Å². The summed E-state index contributed by atoms with van der Waals surface area (Å²) in [7, 11) is 0. The van der Waals surface area contributed by atoms with Crippen LogP contribution in [0.2, 0.25) is 0 Å². The van der Waals surface area contributed by atoms with E-state index in [9.17, 15) is 9.90 Å². The number of aromatic carboxylic acids is 1. The molecule has 2 aliphatic carbocycles. The first-order chi connectivity index (χ1) is 9.74. The Balaban J connectivity index is 1.70. The summed E-state index contributed by atoms with van der Waals surface area (Å²) in [6, 6.07) is 1.83. The third kappa shape index (κ3) is 3.11. The SMILES string of the molecule is O=C(O)c1cc2c(nc1NCCCC1CC1)CCCC2. The molecule has 1 heterocycles. The van der Waals surface area contributed by atoms with E-state index < -0.39 is 5.97 Å². The van der Waals surface area contributed by atoms with Gasteiger partial charge in [-0.1, -0.05) is 12.8 Å². The smallest absolute Gasteiger partial charge is 0.339 e. The predicted molar refractivity (Wildman–Crippen MR) is 78.3 cm³/mol. The molecule has 0 saturated heterocycles. The van der Waals surface area contributed by atoms with E-state index in [1.165, 1.54) is 19.3 Å². The number of carbonyl (C=O) groups is 1. The van der Waals surface area contributed by atoms with Crippen LogP contribution in [0.25, 0.3) is 0 Å². The topological polar surface area (TPSA) is 62.2 Å². The fourth-order valence-corrected chi connectivity index (χ4v) is 2.94. The zero-order chi connectivity index (χ0) is 13.9. The molecule has 4 nitrogen and oxygen atoms in total. The van der Waals surface area contributed by atoms with Crippen LogP contribution in [0.1, 0.15) is 60.1 Å². The third-order valence-electron chi connectivity index (χ3n) is 4.31. The van der Waals surface area contributed by atoms with Crippen molar-refractivity contribution in [3.63, 3.8) is 0 Å². The molecule has 1 aromatic rings. The molecule has 1 fully saturated rings. The molecule has 2 N–H and O–H groups in total. The Hall–Kier alpha value is -1.58. The number of aryl methyl sites for hydroxylation is 2. The number of fused-ring (bicyclic) bond motifs is 1. The van der Waals surface area contributed by atoms with E-state index in [0.29, 0.717) is 11.4 Å². The number of rotatable bonds is 6. The summed E-state index contributed by atoms with van der Waals surface area (Å²) in [6.07, 6.45) is 9.34. The molecular weight excluding hydrogens is 252 g/mol. The molecule has 0 unspecified atom stereocenters. The highest BCUT2D eigenvalue weighted by Crippen LogP contribution is 2.33. The number of aromatic nitrogens is 1. The molecule has 0 spiro atoms. The Morgan fingerprint density at radius 2 is 2.15 bits per heavy atom. The van der Waals surface area contributed by atoms with Gasteiger partial charge in [0.25, 0.3) is 0 Å². The van der Waals surface area contributed by atoms with Gasteiger partial charge in [-0.25, -0.2) is 9.78 Å². The lowest BCUT2D eigenvalue weighted by Gasteiger charge is -2.18. The fraction of sp³-hybridized carbons (Fsp3) is 0.625. The predicted octanol–water partition coefficient (Wildman–Crippen LogP) is 3.26. The van der Waals surface area contributed by atoms with Gasteiger partial charge in [-0.05, 0) is 56.1 Å². The zero-order valence-corrected chi connectivity index (χ0v) is 11.8. The molecule has 0 aromatic carbocycles. The van der Waals surface area contributed by atoms with E-state index in [4.69, 9.17) is 0 Å². The van der Waals surface area contributed by atoms with Crippen molar-refractivity contribution < 1.29 is 9.90 Å². The maximum absolute atomic E-state index is 11.4. The zero-order valence-electron chi connectivity index (χ0n) is 11.8. The number of pyridine rings is 1. The van der Waals surface area contributed by atoms with Crippen LogP contribution in [0.4, 0.5) is 5.82 Å². The molecule has 4 heteroatoms. The van der Waals surface area contributed by atoms with Gasteiger partial charge in [-0.2, -0.15) is 0 Å². The van der Waals surface area contributed by atoms with Crippen molar-refractivity contribution in [1.29, 1.82) is 0 Å². The van der Waals surface area contributed by atoms with E-state index in [1.807, 2.05) is 6.07 Å². The first kappa shape index (κ1) is 13.4. The number of carboxylic acids is 1. The van der Waals surface area contributed by atoms with Crippen LogP contribution < -0.4 is 5.32 Å². The lowest BCUT2D eigenvalue weighted by molar-refractivity contribution is 0.0697. The molecule has 2 aliphatic rings. The van der Waals surface area contributed by atoms with Gasteiger partial charge in [0.05, 0.1) is 0 Å². The van der Waals surface area contributed by atoms with Gasteiger partial charge < -0.3 is 10.4 Å². The quantitative estimate of drug-likeness (QED) is 0.782. The Morgan fingerprint density at radius 1 is 1.35 bits per heavy atom. The minimum absolute atomic E-state index is 0.331. The summed E-state index contributed by atoms with van der Waals surface area (Å²) in [4.78, 5) is 16.0. The van der Waals surface area contributed by atoms with E-state index in [-0.39, 0.29) is 0 Å². The lowest BCUT2D eigenvalue weighted by atomic mass is 9.94. The van der Waals surface area contributed by atoms with E-state index >= 15 is 0 Å². The highest BCUT2D eigenvalue weighted by molar-refractivity contribution is 5.93. The van der Waals surface area contributed by atoms with Crippen molar-refractivity contribution in [2.45, 2.75) is 51.4 Å². The van der Waals surface area contributed by atoms with Gasteiger partial charge in [0, 0.05) is 12.2 Å². The van der Waals surface area contributed by atoms with Gasteiger partial charge in [0.2, 0.25) is 0 Å². The summed E-state index contributed by atoms with van der Waals surface area (Å²) < 4.78 is 0. The molecule has 1 aromatic heterocycles. The second-order valence-electron chi connectivity index (χ2n) is 6.01. The highest BCUT2D eigenvalue weighted by Gasteiger charge is 2.21. The van der Waals surface area contributed by atoms with Crippen molar-refractivity contribution in [3.8, 4) is 0 Å². The van der Waals surface area contributed by atoms with Gasteiger partial charge in [-0.3, -0.25) is 0 Å². The Kier molecular flexibility index (Phi) is 3.90. The molecule has 0 radical (unpaired) electrons. The van der Waals surface area contributed by atoms with Crippen LogP contribution in [0.5, 0.6) is 0 Å². The van der Waals surface area contributed by atoms with E-state index in [1.54, 1.807) is 0 Å².